The second-order valence-electron chi connectivity index (χ2n) is 5.94. The maximum Gasteiger partial charge on any atom is 0.337 e. The molecule has 0 radical (unpaired) electrons. The summed E-state index contributed by atoms with van der Waals surface area (Å²) in [6, 6.07) is 0. The van der Waals surface area contributed by atoms with Crippen LogP contribution in [-0.4, -0.2) is 17.7 Å². The normalized spacial score (nSPS) is 14.4. The second-order valence-corrected chi connectivity index (χ2v) is 5.94. The van der Waals surface area contributed by atoms with E-state index in [4.69, 9.17) is 14.5 Å². The number of ether oxygens (including phenoxy) is 1. The van der Waals surface area contributed by atoms with Crippen LogP contribution in [0.4, 0.5) is 0 Å². The molecule has 0 aliphatic rings. The average Bonchev–Trinajstić information content (AvgIpc) is 2.27. The van der Waals surface area contributed by atoms with Crippen molar-refractivity contribution in [2.45, 2.75) is 73.0 Å². The number of carbonyl (C=O) groups is 1. The lowest BCUT2D eigenvalue weighted by Gasteiger charge is -2.20. The Hall–Kier alpha value is -1.03. The van der Waals surface area contributed by atoms with Gasteiger partial charge in [0.15, 0.2) is 0 Å². The zero-order chi connectivity index (χ0) is 15.1. The standard InChI is InChI=1S/C15H28O4/c1-8-15(6,7)19-17-10-12(4)14(16)18-13(5)9-11(2)3/h10-11,13H,8-9H2,1-7H3. The Balaban J connectivity index is 4.18. The van der Waals surface area contributed by atoms with Crippen molar-refractivity contribution in [3.63, 3.8) is 0 Å². The van der Waals surface area contributed by atoms with Crippen LogP contribution in [0, 0.1) is 5.92 Å². The molecule has 19 heavy (non-hydrogen) atoms. The van der Waals surface area contributed by atoms with Gasteiger partial charge < -0.3 is 9.62 Å². The van der Waals surface area contributed by atoms with Gasteiger partial charge in [-0.3, -0.25) is 0 Å². The van der Waals surface area contributed by atoms with E-state index in [1.165, 1.54) is 6.26 Å². The lowest BCUT2D eigenvalue weighted by atomic mass is 10.1. The first-order valence-electron chi connectivity index (χ1n) is 6.90. The monoisotopic (exact) mass is 272 g/mol. The van der Waals surface area contributed by atoms with Gasteiger partial charge in [0.25, 0.3) is 0 Å². The zero-order valence-corrected chi connectivity index (χ0v) is 13.3. The van der Waals surface area contributed by atoms with Crippen LogP contribution in [-0.2, 0) is 19.3 Å². The SMILES string of the molecule is CCC(C)(C)OOC=C(C)C(=O)OC(C)CC(C)C. The Kier molecular flexibility index (Phi) is 7.76. The molecule has 0 aromatic heterocycles. The van der Waals surface area contributed by atoms with Gasteiger partial charge in [-0.1, -0.05) is 20.8 Å². The molecule has 0 bridgehead atoms. The zero-order valence-electron chi connectivity index (χ0n) is 13.3. The molecule has 1 atom stereocenters. The molecule has 0 heterocycles. The van der Waals surface area contributed by atoms with Crippen LogP contribution in [0.1, 0.15) is 61.3 Å². The molecular weight excluding hydrogens is 244 g/mol. The maximum absolute atomic E-state index is 11.7. The first-order chi connectivity index (χ1) is 8.68. The highest BCUT2D eigenvalue weighted by molar-refractivity contribution is 5.87. The number of hydrogen-bond donors (Lipinski definition) is 0. The molecule has 4 nitrogen and oxygen atoms in total. The van der Waals surface area contributed by atoms with Crippen LogP contribution >= 0.6 is 0 Å². The average molecular weight is 272 g/mol. The second kappa shape index (κ2) is 8.20. The molecule has 0 aliphatic carbocycles. The summed E-state index contributed by atoms with van der Waals surface area (Å²) in [6.45, 7) is 13.6. The van der Waals surface area contributed by atoms with Crippen LogP contribution < -0.4 is 0 Å². The summed E-state index contributed by atoms with van der Waals surface area (Å²) >= 11 is 0. The molecule has 0 saturated carbocycles. The summed E-state index contributed by atoms with van der Waals surface area (Å²) in [4.78, 5) is 21.9. The molecule has 112 valence electrons. The van der Waals surface area contributed by atoms with E-state index in [-0.39, 0.29) is 17.7 Å². The van der Waals surface area contributed by atoms with E-state index in [9.17, 15) is 4.79 Å². The van der Waals surface area contributed by atoms with Gasteiger partial charge >= 0.3 is 5.97 Å². The lowest BCUT2D eigenvalue weighted by Crippen LogP contribution is -2.22. The fourth-order valence-corrected chi connectivity index (χ4v) is 1.32. The topological polar surface area (TPSA) is 44.8 Å². The largest absolute Gasteiger partial charge is 0.459 e. The van der Waals surface area contributed by atoms with E-state index < -0.39 is 0 Å². The first-order valence-corrected chi connectivity index (χ1v) is 6.90. The molecule has 0 rings (SSSR count). The molecule has 4 heteroatoms. The van der Waals surface area contributed by atoms with Crippen LogP contribution in [0.15, 0.2) is 11.8 Å². The Morgan fingerprint density at radius 1 is 1.26 bits per heavy atom. The van der Waals surface area contributed by atoms with Crippen molar-refractivity contribution in [1.82, 2.24) is 0 Å². The number of rotatable bonds is 8. The molecule has 0 N–H and O–H groups in total. The van der Waals surface area contributed by atoms with E-state index in [0.29, 0.717) is 11.5 Å². The summed E-state index contributed by atoms with van der Waals surface area (Å²) in [5.74, 6) is 0.128. The summed E-state index contributed by atoms with van der Waals surface area (Å²) in [5, 5.41) is 0. The molecule has 0 aliphatic heterocycles. The van der Waals surface area contributed by atoms with Crippen molar-refractivity contribution >= 4 is 5.97 Å². The fourth-order valence-electron chi connectivity index (χ4n) is 1.32. The number of esters is 1. The van der Waals surface area contributed by atoms with Gasteiger partial charge in [0.2, 0.25) is 0 Å². The minimum absolute atomic E-state index is 0.0937. The van der Waals surface area contributed by atoms with Gasteiger partial charge in [0.05, 0.1) is 11.7 Å². The van der Waals surface area contributed by atoms with Gasteiger partial charge in [0, 0.05) is 0 Å². The summed E-state index contributed by atoms with van der Waals surface area (Å²) in [7, 11) is 0. The van der Waals surface area contributed by atoms with Crippen LogP contribution in [0.25, 0.3) is 0 Å². The third-order valence-electron chi connectivity index (χ3n) is 2.78. The highest BCUT2D eigenvalue weighted by Gasteiger charge is 2.18. The molecule has 0 saturated heterocycles. The van der Waals surface area contributed by atoms with Crippen molar-refractivity contribution in [3.8, 4) is 0 Å². The number of carbonyl (C=O) groups excluding carboxylic acids is 1. The highest BCUT2D eigenvalue weighted by atomic mass is 17.2. The summed E-state index contributed by atoms with van der Waals surface area (Å²) in [5.41, 5.74) is 0.0218. The minimum atomic E-state index is -0.369. The van der Waals surface area contributed by atoms with Gasteiger partial charge in [-0.25, -0.2) is 4.79 Å². The van der Waals surface area contributed by atoms with Crippen LogP contribution in [0.3, 0.4) is 0 Å². The smallest absolute Gasteiger partial charge is 0.337 e. The highest BCUT2D eigenvalue weighted by Crippen LogP contribution is 2.15. The molecular formula is C15H28O4. The van der Waals surface area contributed by atoms with Gasteiger partial charge in [-0.15, -0.1) is 0 Å². The van der Waals surface area contributed by atoms with Crippen molar-refractivity contribution in [1.29, 1.82) is 0 Å². The third-order valence-corrected chi connectivity index (χ3v) is 2.78. The number of hydrogen-bond acceptors (Lipinski definition) is 4. The predicted molar refractivity (Wildman–Crippen MR) is 75.3 cm³/mol. The quantitative estimate of drug-likeness (QED) is 0.220. The Bertz CT molecular complexity index is 305. The van der Waals surface area contributed by atoms with E-state index in [1.807, 2.05) is 27.7 Å². The van der Waals surface area contributed by atoms with Crippen LogP contribution in [0.2, 0.25) is 0 Å². The Morgan fingerprint density at radius 3 is 2.32 bits per heavy atom. The maximum atomic E-state index is 11.7. The molecule has 0 aromatic carbocycles. The van der Waals surface area contributed by atoms with Gasteiger partial charge in [-0.05, 0) is 46.5 Å². The van der Waals surface area contributed by atoms with Crippen LogP contribution in [0.5, 0.6) is 0 Å². The van der Waals surface area contributed by atoms with Crippen molar-refractivity contribution < 1.29 is 19.3 Å². The Morgan fingerprint density at radius 2 is 1.84 bits per heavy atom. The van der Waals surface area contributed by atoms with Gasteiger partial charge in [0.1, 0.15) is 11.9 Å². The molecule has 0 amide bonds. The molecule has 0 spiro atoms. The van der Waals surface area contributed by atoms with E-state index in [0.717, 1.165) is 12.8 Å². The third kappa shape index (κ3) is 8.65. The van der Waals surface area contributed by atoms with Gasteiger partial charge in [-0.2, -0.15) is 4.89 Å². The van der Waals surface area contributed by atoms with E-state index in [2.05, 4.69) is 13.8 Å². The van der Waals surface area contributed by atoms with Crippen molar-refractivity contribution in [2.24, 2.45) is 5.92 Å². The first kappa shape index (κ1) is 18.0. The molecule has 0 fully saturated rings. The molecule has 1 unspecified atom stereocenters. The fraction of sp³-hybridized carbons (Fsp3) is 0.800. The Labute approximate surface area is 117 Å². The summed E-state index contributed by atoms with van der Waals surface area (Å²) < 4.78 is 5.29. The van der Waals surface area contributed by atoms with E-state index in [1.54, 1.807) is 6.92 Å². The minimum Gasteiger partial charge on any atom is -0.459 e. The molecule has 0 aromatic rings. The predicted octanol–water partition coefficient (Wildman–Crippen LogP) is 4.00. The van der Waals surface area contributed by atoms with Crippen molar-refractivity contribution in [2.75, 3.05) is 0 Å². The summed E-state index contributed by atoms with van der Waals surface area (Å²) in [6.07, 6.45) is 2.86. The van der Waals surface area contributed by atoms with E-state index >= 15 is 0 Å². The van der Waals surface area contributed by atoms with Crippen molar-refractivity contribution in [3.05, 3.63) is 11.8 Å². The lowest BCUT2D eigenvalue weighted by molar-refractivity contribution is -0.317.